The number of nitrogens with one attached hydrogen (secondary N) is 1. The van der Waals surface area contributed by atoms with E-state index in [0.29, 0.717) is 33.9 Å². The van der Waals surface area contributed by atoms with Crippen LogP contribution in [0.2, 0.25) is 0 Å². The Morgan fingerprint density at radius 1 is 1.08 bits per heavy atom. The number of anilines is 1. The molecule has 8 heteroatoms. The summed E-state index contributed by atoms with van der Waals surface area (Å²) in [6.07, 6.45) is 4.76. The number of hydrogen-bond acceptors (Lipinski definition) is 7. The van der Waals surface area contributed by atoms with Crippen molar-refractivity contribution in [3.8, 4) is 17.2 Å². The van der Waals surface area contributed by atoms with Crippen LogP contribution in [0.5, 0.6) is 17.2 Å². The first-order valence-corrected chi connectivity index (χ1v) is 8.92. The molecular formula is C17H21N3O4S. The average Bonchev–Trinajstić information content (AvgIpc) is 3.31. The van der Waals surface area contributed by atoms with Gasteiger partial charge in [-0.05, 0) is 25.0 Å². The van der Waals surface area contributed by atoms with Gasteiger partial charge in [0.05, 0.1) is 21.3 Å². The van der Waals surface area contributed by atoms with Crippen molar-refractivity contribution in [3.05, 3.63) is 22.7 Å². The highest BCUT2D eigenvalue weighted by atomic mass is 32.1. The van der Waals surface area contributed by atoms with E-state index in [-0.39, 0.29) is 5.91 Å². The minimum atomic E-state index is -0.298. The first-order chi connectivity index (χ1) is 12.2. The number of methoxy groups -OCH3 is 3. The third-order valence-electron chi connectivity index (χ3n) is 4.29. The maximum atomic E-state index is 12.6. The van der Waals surface area contributed by atoms with Gasteiger partial charge in [0, 0.05) is 11.5 Å². The molecule has 1 aromatic heterocycles. The lowest BCUT2D eigenvalue weighted by Gasteiger charge is -2.13. The summed E-state index contributed by atoms with van der Waals surface area (Å²) in [5.74, 6) is 1.48. The number of carbonyl (C=O) groups excluding carboxylic acids is 1. The molecule has 7 nitrogen and oxygen atoms in total. The Kier molecular flexibility index (Phi) is 5.37. The number of amides is 1. The number of ether oxygens (including phenoxy) is 3. The Bertz CT molecular complexity index is 731. The molecule has 1 fully saturated rings. The van der Waals surface area contributed by atoms with E-state index in [1.807, 2.05) is 0 Å². The van der Waals surface area contributed by atoms with Gasteiger partial charge in [0.25, 0.3) is 5.91 Å². The standard InChI is InChI=1S/C17H21N3O4S/c1-22-12-8-11(9-13(23-2)14(12)24-3)15(21)18-17-20-19-16(25-17)10-6-4-5-7-10/h8-10H,4-7H2,1-3H3,(H,18,20,21). The van der Waals surface area contributed by atoms with Gasteiger partial charge in [0.2, 0.25) is 10.9 Å². The van der Waals surface area contributed by atoms with Gasteiger partial charge in [0.1, 0.15) is 5.01 Å². The Labute approximate surface area is 150 Å². The minimum absolute atomic E-state index is 0.298. The normalized spacial score (nSPS) is 14.4. The molecule has 0 spiro atoms. The van der Waals surface area contributed by atoms with E-state index in [4.69, 9.17) is 14.2 Å². The van der Waals surface area contributed by atoms with Gasteiger partial charge in [-0.2, -0.15) is 0 Å². The van der Waals surface area contributed by atoms with E-state index in [9.17, 15) is 4.79 Å². The maximum Gasteiger partial charge on any atom is 0.257 e. The smallest absolute Gasteiger partial charge is 0.257 e. The van der Waals surface area contributed by atoms with E-state index in [2.05, 4.69) is 15.5 Å². The van der Waals surface area contributed by atoms with Crippen molar-refractivity contribution in [2.24, 2.45) is 0 Å². The molecular weight excluding hydrogens is 342 g/mol. The molecule has 0 atom stereocenters. The van der Waals surface area contributed by atoms with Crippen LogP contribution in [0.4, 0.5) is 5.13 Å². The highest BCUT2D eigenvalue weighted by molar-refractivity contribution is 7.15. The van der Waals surface area contributed by atoms with Crippen LogP contribution in [-0.2, 0) is 0 Å². The van der Waals surface area contributed by atoms with E-state index >= 15 is 0 Å². The Morgan fingerprint density at radius 2 is 1.72 bits per heavy atom. The van der Waals surface area contributed by atoms with Crippen LogP contribution in [0, 0.1) is 0 Å². The van der Waals surface area contributed by atoms with Crippen molar-refractivity contribution < 1.29 is 19.0 Å². The van der Waals surface area contributed by atoms with Crippen molar-refractivity contribution in [2.75, 3.05) is 26.6 Å². The fourth-order valence-electron chi connectivity index (χ4n) is 3.00. The summed E-state index contributed by atoms with van der Waals surface area (Å²) < 4.78 is 15.8. The van der Waals surface area contributed by atoms with Gasteiger partial charge in [0.15, 0.2) is 11.5 Å². The quantitative estimate of drug-likeness (QED) is 0.846. The van der Waals surface area contributed by atoms with Crippen molar-refractivity contribution in [2.45, 2.75) is 31.6 Å². The summed E-state index contributed by atoms with van der Waals surface area (Å²) in [6.45, 7) is 0. The molecule has 0 aliphatic heterocycles. The van der Waals surface area contributed by atoms with Crippen molar-refractivity contribution >= 4 is 22.4 Å². The molecule has 134 valence electrons. The van der Waals surface area contributed by atoms with Gasteiger partial charge >= 0.3 is 0 Å². The van der Waals surface area contributed by atoms with Crippen LogP contribution in [0.25, 0.3) is 0 Å². The third-order valence-corrected chi connectivity index (χ3v) is 5.29. The summed E-state index contributed by atoms with van der Waals surface area (Å²) in [5, 5.41) is 12.6. The van der Waals surface area contributed by atoms with Gasteiger partial charge in [-0.25, -0.2) is 0 Å². The van der Waals surface area contributed by atoms with Gasteiger partial charge in [-0.3, -0.25) is 10.1 Å². The fraction of sp³-hybridized carbons (Fsp3) is 0.471. The predicted molar refractivity (Wildman–Crippen MR) is 95.2 cm³/mol. The largest absolute Gasteiger partial charge is 0.493 e. The first-order valence-electron chi connectivity index (χ1n) is 8.11. The monoisotopic (exact) mass is 363 g/mol. The number of rotatable bonds is 6. The molecule has 1 aliphatic rings. The second-order valence-electron chi connectivity index (χ2n) is 5.79. The molecule has 1 aliphatic carbocycles. The van der Waals surface area contributed by atoms with E-state index in [1.165, 1.54) is 45.5 Å². The molecule has 1 amide bonds. The van der Waals surface area contributed by atoms with Crippen LogP contribution in [0.15, 0.2) is 12.1 Å². The number of aromatic nitrogens is 2. The summed E-state index contributed by atoms with van der Waals surface area (Å²) >= 11 is 1.44. The molecule has 1 aromatic carbocycles. The number of nitrogens with zero attached hydrogens (tertiary/aromatic N) is 2. The average molecular weight is 363 g/mol. The molecule has 1 heterocycles. The maximum absolute atomic E-state index is 12.6. The van der Waals surface area contributed by atoms with Crippen LogP contribution in [0.1, 0.15) is 47.0 Å². The highest BCUT2D eigenvalue weighted by Gasteiger charge is 2.22. The molecule has 0 unspecified atom stereocenters. The van der Waals surface area contributed by atoms with Crippen molar-refractivity contribution in [1.82, 2.24) is 10.2 Å². The summed E-state index contributed by atoms with van der Waals surface area (Å²) in [5.41, 5.74) is 0.395. The minimum Gasteiger partial charge on any atom is -0.493 e. The Hall–Kier alpha value is -2.35. The number of benzene rings is 1. The summed E-state index contributed by atoms with van der Waals surface area (Å²) in [4.78, 5) is 12.6. The molecule has 25 heavy (non-hydrogen) atoms. The molecule has 3 rings (SSSR count). The molecule has 1 N–H and O–H groups in total. The molecule has 0 bridgehead atoms. The summed E-state index contributed by atoms with van der Waals surface area (Å²) in [6, 6.07) is 3.21. The second kappa shape index (κ2) is 7.69. The molecule has 0 saturated heterocycles. The fourth-order valence-corrected chi connectivity index (χ4v) is 3.91. The zero-order valence-electron chi connectivity index (χ0n) is 14.5. The Morgan fingerprint density at radius 3 is 2.28 bits per heavy atom. The lowest BCUT2D eigenvalue weighted by molar-refractivity contribution is 0.102. The number of carbonyl (C=O) groups is 1. The van der Waals surface area contributed by atoms with E-state index in [1.54, 1.807) is 12.1 Å². The van der Waals surface area contributed by atoms with Gasteiger partial charge in [-0.15, -0.1) is 10.2 Å². The number of hydrogen-bond donors (Lipinski definition) is 1. The third kappa shape index (κ3) is 3.68. The summed E-state index contributed by atoms with van der Waals surface area (Å²) in [7, 11) is 4.54. The van der Waals surface area contributed by atoms with Gasteiger partial charge in [-0.1, -0.05) is 24.2 Å². The molecule has 1 saturated carbocycles. The van der Waals surface area contributed by atoms with Crippen LogP contribution < -0.4 is 19.5 Å². The lowest BCUT2D eigenvalue weighted by atomic mass is 10.1. The van der Waals surface area contributed by atoms with Crippen LogP contribution >= 0.6 is 11.3 Å². The van der Waals surface area contributed by atoms with Crippen molar-refractivity contribution in [3.63, 3.8) is 0 Å². The highest BCUT2D eigenvalue weighted by Crippen LogP contribution is 2.39. The zero-order valence-corrected chi connectivity index (χ0v) is 15.3. The van der Waals surface area contributed by atoms with Crippen LogP contribution in [-0.4, -0.2) is 37.4 Å². The first kappa shape index (κ1) is 17.5. The topological polar surface area (TPSA) is 82.6 Å². The zero-order chi connectivity index (χ0) is 17.8. The Balaban J connectivity index is 1.79. The van der Waals surface area contributed by atoms with Gasteiger partial charge < -0.3 is 14.2 Å². The predicted octanol–water partition coefficient (Wildman–Crippen LogP) is 3.47. The molecule has 0 radical (unpaired) electrons. The molecule has 2 aromatic rings. The van der Waals surface area contributed by atoms with E-state index < -0.39 is 0 Å². The SMILES string of the molecule is COc1cc(C(=O)Nc2nnc(C3CCCC3)s2)cc(OC)c1OC. The lowest BCUT2D eigenvalue weighted by Crippen LogP contribution is -2.12. The van der Waals surface area contributed by atoms with Crippen LogP contribution in [0.3, 0.4) is 0 Å². The van der Waals surface area contributed by atoms with E-state index in [0.717, 1.165) is 17.8 Å². The second-order valence-corrected chi connectivity index (χ2v) is 6.80. The van der Waals surface area contributed by atoms with Crippen molar-refractivity contribution in [1.29, 1.82) is 0 Å².